The van der Waals surface area contributed by atoms with Gasteiger partial charge in [-0.2, -0.15) is 5.10 Å². The lowest BCUT2D eigenvalue weighted by atomic mass is 9.96. The fourth-order valence-electron chi connectivity index (χ4n) is 4.02. The van der Waals surface area contributed by atoms with E-state index in [9.17, 15) is 5.11 Å². The molecule has 1 heterocycles. The SMILES string of the molecule is CCNC(=NCC1(O)CCc2ccccc21)N(C)Cc1cnn(-c2ccccc2)c1.I. The fraction of sp³-hybridized carbons (Fsp3) is 0.333. The molecule has 0 radical (unpaired) electrons. The number of aryl methyl sites for hydroxylation is 1. The van der Waals surface area contributed by atoms with E-state index in [-0.39, 0.29) is 24.0 Å². The number of aliphatic hydroxyl groups is 1. The molecule has 0 saturated heterocycles. The Morgan fingerprint density at radius 1 is 1.19 bits per heavy atom. The third-order valence-corrected chi connectivity index (χ3v) is 5.59. The largest absolute Gasteiger partial charge is 0.383 e. The normalized spacial score (nSPS) is 17.7. The molecule has 1 aromatic heterocycles. The predicted octanol–water partition coefficient (Wildman–Crippen LogP) is 3.72. The highest BCUT2D eigenvalue weighted by Gasteiger charge is 2.36. The Kier molecular flexibility index (Phi) is 7.72. The lowest BCUT2D eigenvalue weighted by molar-refractivity contribution is 0.0483. The molecule has 7 heteroatoms. The van der Waals surface area contributed by atoms with Crippen LogP contribution in [0, 0.1) is 0 Å². The number of nitrogens with one attached hydrogen (secondary N) is 1. The van der Waals surface area contributed by atoms with E-state index in [1.807, 2.05) is 72.7 Å². The zero-order valence-electron chi connectivity index (χ0n) is 18.0. The molecule has 1 aliphatic rings. The third-order valence-electron chi connectivity index (χ3n) is 5.59. The van der Waals surface area contributed by atoms with Crippen molar-refractivity contribution in [2.24, 2.45) is 4.99 Å². The fourth-order valence-corrected chi connectivity index (χ4v) is 4.02. The number of aromatic nitrogens is 2. The van der Waals surface area contributed by atoms with Crippen LogP contribution in [0.4, 0.5) is 0 Å². The van der Waals surface area contributed by atoms with Gasteiger partial charge >= 0.3 is 0 Å². The molecule has 0 amide bonds. The zero-order valence-corrected chi connectivity index (χ0v) is 20.4. The number of nitrogens with zero attached hydrogens (tertiary/aromatic N) is 4. The van der Waals surface area contributed by atoms with Crippen LogP contribution in [-0.2, 0) is 18.6 Å². The van der Waals surface area contributed by atoms with Gasteiger partial charge in [0.2, 0.25) is 0 Å². The summed E-state index contributed by atoms with van der Waals surface area (Å²) in [5.74, 6) is 0.780. The van der Waals surface area contributed by atoms with Crippen molar-refractivity contribution in [2.45, 2.75) is 31.9 Å². The molecule has 1 atom stereocenters. The molecule has 0 fully saturated rings. The highest BCUT2D eigenvalue weighted by molar-refractivity contribution is 14.0. The van der Waals surface area contributed by atoms with E-state index in [1.165, 1.54) is 5.56 Å². The van der Waals surface area contributed by atoms with Gasteiger partial charge in [0.1, 0.15) is 5.60 Å². The van der Waals surface area contributed by atoms with Crippen molar-refractivity contribution in [1.29, 1.82) is 0 Å². The zero-order chi connectivity index (χ0) is 21.0. The minimum atomic E-state index is -0.893. The molecule has 4 rings (SSSR count). The van der Waals surface area contributed by atoms with Gasteiger partial charge in [-0.25, -0.2) is 9.67 Å². The molecule has 1 unspecified atom stereocenters. The second-order valence-corrected chi connectivity index (χ2v) is 7.84. The second kappa shape index (κ2) is 10.3. The van der Waals surface area contributed by atoms with Crippen LogP contribution in [0.15, 0.2) is 72.0 Å². The number of hydrogen-bond acceptors (Lipinski definition) is 3. The average molecular weight is 531 g/mol. The molecule has 6 nitrogen and oxygen atoms in total. The molecule has 1 aliphatic carbocycles. The standard InChI is InChI=1S/C24H29N5O.HI/c1-3-25-23(26-18-24(30)14-13-20-9-7-8-12-22(20)24)28(2)16-19-15-27-29(17-19)21-10-5-4-6-11-21;/h4-12,15,17,30H,3,13-14,16,18H2,1-2H3,(H,25,26);1H. The Hall–Kier alpha value is -2.39. The summed E-state index contributed by atoms with van der Waals surface area (Å²) in [7, 11) is 2.01. The smallest absolute Gasteiger partial charge is 0.194 e. The van der Waals surface area contributed by atoms with Gasteiger partial charge < -0.3 is 15.3 Å². The van der Waals surface area contributed by atoms with Crippen LogP contribution < -0.4 is 5.32 Å². The van der Waals surface area contributed by atoms with Crippen molar-refractivity contribution in [2.75, 3.05) is 20.1 Å². The van der Waals surface area contributed by atoms with Crippen molar-refractivity contribution < 1.29 is 5.11 Å². The van der Waals surface area contributed by atoms with Crippen molar-refractivity contribution in [1.82, 2.24) is 20.0 Å². The number of benzene rings is 2. The predicted molar refractivity (Wildman–Crippen MR) is 135 cm³/mol. The molecule has 0 aliphatic heterocycles. The van der Waals surface area contributed by atoms with Gasteiger partial charge in [-0.05, 0) is 43.0 Å². The van der Waals surface area contributed by atoms with E-state index in [2.05, 4.69) is 28.3 Å². The highest BCUT2D eigenvalue weighted by atomic mass is 127. The number of para-hydroxylation sites is 1. The van der Waals surface area contributed by atoms with Crippen molar-refractivity contribution in [3.8, 4) is 5.69 Å². The summed E-state index contributed by atoms with van der Waals surface area (Å²) in [4.78, 5) is 6.85. The first-order valence-electron chi connectivity index (χ1n) is 10.5. The third kappa shape index (κ3) is 5.27. The van der Waals surface area contributed by atoms with E-state index >= 15 is 0 Å². The molecular formula is C24H30IN5O. The summed E-state index contributed by atoms with van der Waals surface area (Å²) in [6.45, 7) is 3.84. The van der Waals surface area contributed by atoms with E-state index in [0.29, 0.717) is 19.5 Å². The number of fused-ring (bicyclic) bond motifs is 1. The van der Waals surface area contributed by atoms with Crippen LogP contribution in [0.3, 0.4) is 0 Å². The van der Waals surface area contributed by atoms with E-state index < -0.39 is 5.60 Å². The van der Waals surface area contributed by atoms with Crippen LogP contribution in [-0.4, -0.2) is 45.9 Å². The summed E-state index contributed by atoms with van der Waals surface area (Å²) < 4.78 is 1.88. The molecule has 0 bridgehead atoms. The van der Waals surface area contributed by atoms with Crippen LogP contribution in [0.2, 0.25) is 0 Å². The summed E-state index contributed by atoms with van der Waals surface area (Å²) >= 11 is 0. The molecule has 0 spiro atoms. The number of hydrogen-bond donors (Lipinski definition) is 2. The Morgan fingerprint density at radius 2 is 1.94 bits per heavy atom. The number of aliphatic imine (C=N–C) groups is 1. The summed E-state index contributed by atoms with van der Waals surface area (Å²) in [5.41, 5.74) is 3.47. The van der Waals surface area contributed by atoms with Crippen molar-refractivity contribution in [3.05, 3.63) is 83.7 Å². The van der Waals surface area contributed by atoms with Gasteiger partial charge in [0.25, 0.3) is 0 Å². The number of halogens is 1. The number of rotatable bonds is 6. The first-order valence-corrected chi connectivity index (χ1v) is 10.5. The first kappa shape index (κ1) is 23.3. The van der Waals surface area contributed by atoms with Gasteiger partial charge in [-0.3, -0.25) is 0 Å². The quantitative estimate of drug-likeness (QED) is 0.289. The Labute approximate surface area is 201 Å². The maximum Gasteiger partial charge on any atom is 0.194 e. The maximum absolute atomic E-state index is 11.2. The number of guanidine groups is 1. The van der Waals surface area contributed by atoms with Gasteiger partial charge in [0.15, 0.2) is 5.96 Å². The van der Waals surface area contributed by atoms with Crippen molar-refractivity contribution >= 4 is 29.9 Å². The molecule has 2 aromatic carbocycles. The van der Waals surface area contributed by atoms with Crippen molar-refractivity contribution in [3.63, 3.8) is 0 Å². The first-order chi connectivity index (χ1) is 14.6. The molecule has 0 saturated carbocycles. The molecule has 31 heavy (non-hydrogen) atoms. The topological polar surface area (TPSA) is 65.7 Å². The Morgan fingerprint density at radius 3 is 2.71 bits per heavy atom. The van der Waals surface area contributed by atoms with Gasteiger partial charge in [-0.15, -0.1) is 24.0 Å². The van der Waals surface area contributed by atoms with Crippen LogP contribution in [0.5, 0.6) is 0 Å². The summed E-state index contributed by atoms with van der Waals surface area (Å²) in [6, 6.07) is 18.2. The molecule has 164 valence electrons. The van der Waals surface area contributed by atoms with E-state index in [1.54, 1.807) is 0 Å². The minimum absolute atomic E-state index is 0. The van der Waals surface area contributed by atoms with Gasteiger partial charge in [-0.1, -0.05) is 42.5 Å². The summed E-state index contributed by atoms with van der Waals surface area (Å²) in [6.07, 6.45) is 5.53. The second-order valence-electron chi connectivity index (χ2n) is 7.84. The maximum atomic E-state index is 11.2. The van der Waals surface area contributed by atoms with Crippen LogP contribution in [0.1, 0.15) is 30.0 Å². The van der Waals surface area contributed by atoms with Gasteiger partial charge in [0.05, 0.1) is 18.4 Å². The molecular weight excluding hydrogens is 501 g/mol. The molecule has 2 N–H and O–H groups in total. The molecule has 3 aromatic rings. The monoisotopic (exact) mass is 531 g/mol. The van der Waals surface area contributed by atoms with Gasteiger partial charge in [0, 0.05) is 31.9 Å². The highest BCUT2D eigenvalue weighted by Crippen LogP contribution is 2.36. The Bertz CT molecular complexity index is 1020. The van der Waals surface area contributed by atoms with Crippen LogP contribution in [0.25, 0.3) is 5.69 Å². The van der Waals surface area contributed by atoms with Crippen LogP contribution >= 0.6 is 24.0 Å². The Balaban J connectivity index is 0.00000272. The summed E-state index contributed by atoms with van der Waals surface area (Å²) in [5, 5.41) is 19.0. The minimum Gasteiger partial charge on any atom is -0.383 e. The van der Waals surface area contributed by atoms with E-state index in [4.69, 9.17) is 4.99 Å². The lowest BCUT2D eigenvalue weighted by Gasteiger charge is -2.25. The average Bonchev–Trinajstić information content (AvgIpc) is 3.37. The lowest BCUT2D eigenvalue weighted by Crippen LogP contribution is -2.40. The van der Waals surface area contributed by atoms with E-state index in [0.717, 1.165) is 35.7 Å².